The van der Waals surface area contributed by atoms with Crippen LogP contribution < -0.4 is 24.8 Å². The molecule has 0 radical (unpaired) electrons. The van der Waals surface area contributed by atoms with Gasteiger partial charge in [-0.25, -0.2) is 18.1 Å². The Morgan fingerprint density at radius 2 is 1.81 bits per heavy atom. The number of ether oxygens (including phenoxy) is 2. The zero-order valence-corrected chi connectivity index (χ0v) is 19.7. The molecule has 0 atom stereocenters. The predicted molar refractivity (Wildman–Crippen MR) is 125 cm³/mol. The molecule has 0 spiro atoms. The maximum atomic E-state index is 13.0. The molecule has 0 unspecified atom stereocenters. The van der Waals surface area contributed by atoms with Crippen LogP contribution >= 0.6 is 11.3 Å². The van der Waals surface area contributed by atoms with Gasteiger partial charge in [0.2, 0.25) is 10.0 Å². The monoisotopic (exact) mass is 476 g/mol. The second-order valence-corrected chi connectivity index (χ2v) is 9.12. The van der Waals surface area contributed by atoms with Crippen LogP contribution in [-0.4, -0.2) is 47.1 Å². The first-order chi connectivity index (χ1) is 15.3. The summed E-state index contributed by atoms with van der Waals surface area (Å²) in [6, 6.07) is 9.56. The van der Waals surface area contributed by atoms with Gasteiger partial charge < -0.3 is 20.1 Å². The van der Waals surface area contributed by atoms with Crippen molar-refractivity contribution in [1.82, 2.24) is 9.71 Å². The fourth-order valence-electron chi connectivity index (χ4n) is 2.98. The summed E-state index contributed by atoms with van der Waals surface area (Å²) in [7, 11) is 0.833. The number of aromatic nitrogens is 1. The smallest absolute Gasteiger partial charge is 0.255 e. The standard InChI is InChI=1S/C21H24N4O5S2/c1-5-23-32(27,28)19-11-14(7-9-18(19)30-4)20(26)24-15-10-13(6-8-17(15)29-3)16-12-31-21(22-2)25-16/h6-12,23H,5H2,1-4H3,(H,22,25)(H,24,26). The number of thiazole rings is 1. The lowest BCUT2D eigenvalue weighted by Crippen LogP contribution is -2.24. The van der Waals surface area contributed by atoms with Crippen molar-refractivity contribution in [1.29, 1.82) is 0 Å². The topological polar surface area (TPSA) is 119 Å². The van der Waals surface area contributed by atoms with Crippen LogP contribution in [0.4, 0.5) is 10.8 Å². The summed E-state index contributed by atoms with van der Waals surface area (Å²) < 4.78 is 38.0. The highest BCUT2D eigenvalue weighted by atomic mass is 32.2. The van der Waals surface area contributed by atoms with E-state index in [1.165, 1.54) is 43.8 Å². The molecule has 11 heteroatoms. The average molecular weight is 477 g/mol. The third kappa shape index (κ3) is 5.01. The minimum atomic E-state index is -3.83. The summed E-state index contributed by atoms with van der Waals surface area (Å²) in [5.74, 6) is 0.108. The van der Waals surface area contributed by atoms with E-state index in [4.69, 9.17) is 9.47 Å². The van der Waals surface area contributed by atoms with Gasteiger partial charge in [0.25, 0.3) is 5.91 Å². The Morgan fingerprint density at radius 3 is 2.44 bits per heavy atom. The Kier molecular flexibility index (Phi) is 7.33. The number of anilines is 2. The van der Waals surface area contributed by atoms with Crippen LogP contribution in [0, 0.1) is 0 Å². The first kappa shape index (κ1) is 23.5. The third-order valence-electron chi connectivity index (χ3n) is 4.51. The van der Waals surface area contributed by atoms with Crippen LogP contribution in [0.3, 0.4) is 0 Å². The molecule has 3 rings (SSSR count). The van der Waals surface area contributed by atoms with Crippen molar-refractivity contribution in [2.75, 3.05) is 38.4 Å². The van der Waals surface area contributed by atoms with E-state index in [0.717, 1.165) is 16.4 Å². The summed E-state index contributed by atoms with van der Waals surface area (Å²) in [5.41, 5.74) is 2.13. The van der Waals surface area contributed by atoms with E-state index < -0.39 is 15.9 Å². The number of amides is 1. The van der Waals surface area contributed by atoms with Gasteiger partial charge in [-0.05, 0) is 36.4 Å². The molecule has 2 aromatic carbocycles. The first-order valence-corrected chi connectivity index (χ1v) is 12.0. The Bertz CT molecular complexity index is 1220. The van der Waals surface area contributed by atoms with Gasteiger partial charge in [0.15, 0.2) is 5.13 Å². The van der Waals surface area contributed by atoms with Gasteiger partial charge in [-0.3, -0.25) is 4.79 Å². The zero-order chi connectivity index (χ0) is 23.3. The van der Waals surface area contributed by atoms with Gasteiger partial charge >= 0.3 is 0 Å². The number of nitrogens with zero attached hydrogens (tertiary/aromatic N) is 1. The molecule has 0 aliphatic rings. The maximum absolute atomic E-state index is 13.0. The van der Waals surface area contributed by atoms with Crippen LogP contribution in [0.5, 0.6) is 11.5 Å². The van der Waals surface area contributed by atoms with Crippen LogP contribution in [0.25, 0.3) is 11.3 Å². The van der Waals surface area contributed by atoms with Crippen molar-refractivity contribution < 1.29 is 22.7 Å². The first-order valence-electron chi connectivity index (χ1n) is 9.63. The van der Waals surface area contributed by atoms with Gasteiger partial charge in [0.1, 0.15) is 16.4 Å². The van der Waals surface area contributed by atoms with Crippen molar-refractivity contribution in [2.24, 2.45) is 0 Å². The number of methoxy groups -OCH3 is 2. The highest BCUT2D eigenvalue weighted by molar-refractivity contribution is 7.89. The van der Waals surface area contributed by atoms with Crippen LogP contribution in [0.15, 0.2) is 46.7 Å². The Morgan fingerprint density at radius 1 is 1.09 bits per heavy atom. The van der Waals surface area contributed by atoms with E-state index in [0.29, 0.717) is 11.4 Å². The molecule has 0 aliphatic carbocycles. The number of nitrogens with one attached hydrogen (secondary N) is 3. The summed E-state index contributed by atoms with van der Waals surface area (Å²) in [6.07, 6.45) is 0. The van der Waals surface area contributed by atoms with Crippen molar-refractivity contribution in [3.63, 3.8) is 0 Å². The van der Waals surface area contributed by atoms with Gasteiger partial charge in [-0.1, -0.05) is 6.92 Å². The maximum Gasteiger partial charge on any atom is 0.255 e. The Hall–Kier alpha value is -3.15. The second-order valence-electron chi connectivity index (χ2n) is 6.52. The Balaban J connectivity index is 1.95. The summed E-state index contributed by atoms with van der Waals surface area (Å²) in [6.45, 7) is 1.87. The molecule has 32 heavy (non-hydrogen) atoms. The lowest BCUT2D eigenvalue weighted by atomic mass is 10.1. The molecule has 1 amide bonds. The normalized spacial score (nSPS) is 11.1. The van der Waals surface area contributed by atoms with Gasteiger partial charge in [0.05, 0.1) is 25.6 Å². The van der Waals surface area contributed by atoms with Crippen LogP contribution in [0.2, 0.25) is 0 Å². The van der Waals surface area contributed by atoms with Crippen molar-refractivity contribution in [2.45, 2.75) is 11.8 Å². The van der Waals surface area contributed by atoms with E-state index >= 15 is 0 Å². The molecular formula is C21H24N4O5S2. The number of sulfonamides is 1. The fraction of sp³-hybridized carbons (Fsp3) is 0.238. The summed E-state index contributed by atoms with van der Waals surface area (Å²) in [5, 5.41) is 8.46. The SMILES string of the molecule is CCNS(=O)(=O)c1cc(C(=O)Nc2cc(-c3csc(NC)n3)ccc2OC)ccc1OC. The number of carbonyl (C=O) groups is 1. The molecule has 9 nitrogen and oxygen atoms in total. The molecule has 170 valence electrons. The molecule has 1 aromatic heterocycles. The molecule has 0 bridgehead atoms. The number of hydrogen-bond donors (Lipinski definition) is 3. The molecule has 3 N–H and O–H groups in total. The molecule has 0 aliphatic heterocycles. The van der Waals surface area contributed by atoms with Gasteiger partial charge in [-0.2, -0.15) is 0 Å². The van der Waals surface area contributed by atoms with Gasteiger partial charge in [-0.15, -0.1) is 11.3 Å². The largest absolute Gasteiger partial charge is 0.495 e. The number of rotatable bonds is 9. The predicted octanol–water partition coefficient (Wildman–Crippen LogP) is 3.42. The van der Waals surface area contributed by atoms with Crippen molar-refractivity contribution in [3.05, 3.63) is 47.3 Å². The molecule has 3 aromatic rings. The zero-order valence-electron chi connectivity index (χ0n) is 18.1. The van der Waals surface area contributed by atoms with Crippen molar-refractivity contribution >= 4 is 38.1 Å². The lowest BCUT2D eigenvalue weighted by molar-refractivity contribution is 0.102. The number of carbonyl (C=O) groups excluding carboxylic acids is 1. The molecule has 1 heterocycles. The summed E-state index contributed by atoms with van der Waals surface area (Å²) in [4.78, 5) is 17.3. The minimum Gasteiger partial charge on any atom is -0.495 e. The fourth-order valence-corrected chi connectivity index (χ4v) is 4.89. The van der Waals surface area contributed by atoms with E-state index in [-0.39, 0.29) is 22.8 Å². The quantitative estimate of drug-likeness (QED) is 0.433. The highest BCUT2D eigenvalue weighted by Gasteiger charge is 2.21. The minimum absolute atomic E-state index is 0.114. The molecule has 0 saturated heterocycles. The Labute approximate surface area is 190 Å². The number of hydrogen-bond acceptors (Lipinski definition) is 8. The van der Waals surface area contributed by atoms with E-state index in [9.17, 15) is 13.2 Å². The number of benzene rings is 2. The second kappa shape index (κ2) is 9.98. The van der Waals surface area contributed by atoms with E-state index in [1.807, 2.05) is 11.4 Å². The van der Waals surface area contributed by atoms with E-state index in [2.05, 4.69) is 20.3 Å². The lowest BCUT2D eigenvalue weighted by Gasteiger charge is -2.14. The average Bonchev–Trinajstić information content (AvgIpc) is 3.28. The highest BCUT2D eigenvalue weighted by Crippen LogP contribution is 2.33. The van der Waals surface area contributed by atoms with Crippen molar-refractivity contribution in [3.8, 4) is 22.8 Å². The molecule has 0 saturated carbocycles. The summed E-state index contributed by atoms with van der Waals surface area (Å²) >= 11 is 1.47. The van der Waals surface area contributed by atoms with Gasteiger partial charge in [0, 0.05) is 30.1 Å². The molecular weight excluding hydrogens is 452 g/mol. The van der Waals surface area contributed by atoms with E-state index in [1.54, 1.807) is 26.1 Å². The van der Waals surface area contributed by atoms with Crippen LogP contribution in [0.1, 0.15) is 17.3 Å². The third-order valence-corrected chi connectivity index (χ3v) is 6.94. The molecule has 0 fully saturated rings. The van der Waals surface area contributed by atoms with Crippen LogP contribution in [-0.2, 0) is 10.0 Å².